The van der Waals surface area contributed by atoms with Gasteiger partial charge in [-0.05, 0) is 22.9 Å². The normalized spacial score (nSPS) is 11.8. The van der Waals surface area contributed by atoms with Crippen LogP contribution >= 0.6 is 34.0 Å². The van der Waals surface area contributed by atoms with Crippen molar-refractivity contribution in [3.63, 3.8) is 0 Å². The van der Waals surface area contributed by atoms with Gasteiger partial charge in [0.25, 0.3) is 0 Å². The third-order valence-corrected chi connectivity index (χ3v) is 7.49. The Hall–Kier alpha value is -2.36. The summed E-state index contributed by atoms with van der Waals surface area (Å²) < 4.78 is 88.4. The second-order valence-corrected chi connectivity index (χ2v) is 9.01. The second kappa shape index (κ2) is 6.58. The first-order valence-corrected chi connectivity index (χ1v) is 10.7. The minimum absolute atomic E-state index is 0.129. The SMILES string of the molecule is Fc1c(-c2cccs2)c(F)c2sc3c(F)c(-c4cccs4)c(F)c(F)c3c2c1F. The lowest BCUT2D eigenvalue weighted by molar-refractivity contribution is 0.505. The van der Waals surface area contributed by atoms with E-state index in [4.69, 9.17) is 0 Å². The molecule has 0 amide bonds. The van der Waals surface area contributed by atoms with E-state index in [0.717, 1.165) is 22.7 Å². The summed E-state index contributed by atoms with van der Waals surface area (Å²) >= 11 is 2.41. The topological polar surface area (TPSA) is 0 Å². The van der Waals surface area contributed by atoms with E-state index in [0.29, 0.717) is 11.3 Å². The minimum Gasteiger partial charge on any atom is -0.205 e. The lowest BCUT2D eigenvalue weighted by atomic mass is 10.0. The summed E-state index contributed by atoms with van der Waals surface area (Å²) in [6, 6.07) is 5.88. The maximum absolute atomic E-state index is 15.1. The quantitative estimate of drug-likeness (QED) is 0.185. The van der Waals surface area contributed by atoms with Crippen LogP contribution in [-0.2, 0) is 0 Å². The number of thiophene rings is 3. The van der Waals surface area contributed by atoms with E-state index in [1.165, 1.54) is 24.3 Å². The van der Waals surface area contributed by atoms with E-state index >= 15 is 8.78 Å². The predicted molar refractivity (Wildman–Crippen MR) is 106 cm³/mol. The molecular weight excluding hydrogens is 450 g/mol. The van der Waals surface area contributed by atoms with Gasteiger partial charge in [-0.25, -0.2) is 26.3 Å². The molecule has 0 aliphatic carbocycles. The molecule has 0 bridgehead atoms. The summed E-state index contributed by atoms with van der Waals surface area (Å²) in [5.74, 6) is -8.42. The van der Waals surface area contributed by atoms with Gasteiger partial charge in [0.05, 0.1) is 20.5 Å². The van der Waals surface area contributed by atoms with Crippen LogP contribution in [0.25, 0.3) is 41.1 Å². The van der Waals surface area contributed by atoms with Crippen molar-refractivity contribution in [2.24, 2.45) is 0 Å². The monoisotopic (exact) mass is 456 g/mol. The maximum Gasteiger partial charge on any atom is 0.171 e. The van der Waals surface area contributed by atoms with Crippen molar-refractivity contribution in [2.75, 3.05) is 0 Å². The van der Waals surface area contributed by atoms with Gasteiger partial charge in [0.15, 0.2) is 34.9 Å². The highest BCUT2D eigenvalue weighted by Crippen LogP contribution is 2.47. The molecule has 9 heteroatoms. The van der Waals surface area contributed by atoms with Gasteiger partial charge in [-0.15, -0.1) is 34.0 Å². The Kier molecular flexibility index (Phi) is 4.23. The van der Waals surface area contributed by atoms with Crippen LogP contribution in [0.3, 0.4) is 0 Å². The molecule has 0 fully saturated rings. The summed E-state index contributed by atoms with van der Waals surface area (Å²) in [6.45, 7) is 0. The zero-order valence-corrected chi connectivity index (χ0v) is 16.4. The van der Waals surface area contributed by atoms with Crippen LogP contribution in [0.15, 0.2) is 35.0 Å². The Bertz CT molecular complexity index is 1290. The molecule has 0 saturated carbocycles. The Morgan fingerprint density at radius 3 is 1.28 bits per heavy atom. The third-order valence-electron chi connectivity index (χ3n) is 4.54. The average Bonchev–Trinajstić information content (AvgIpc) is 3.44. The summed E-state index contributed by atoms with van der Waals surface area (Å²) in [4.78, 5) is 0.259. The molecule has 3 heterocycles. The van der Waals surface area contributed by atoms with E-state index < -0.39 is 66.2 Å². The molecule has 5 aromatic rings. The smallest absolute Gasteiger partial charge is 0.171 e. The average molecular weight is 456 g/mol. The van der Waals surface area contributed by atoms with Crippen molar-refractivity contribution in [2.45, 2.75) is 0 Å². The molecule has 0 saturated heterocycles. The number of fused-ring (bicyclic) bond motifs is 3. The number of hydrogen-bond acceptors (Lipinski definition) is 3. The van der Waals surface area contributed by atoms with E-state index in [2.05, 4.69) is 0 Å². The molecule has 0 nitrogen and oxygen atoms in total. The highest BCUT2D eigenvalue weighted by Gasteiger charge is 2.31. The number of benzene rings is 2. The van der Waals surface area contributed by atoms with Crippen molar-refractivity contribution in [3.05, 3.63) is 69.9 Å². The van der Waals surface area contributed by atoms with Crippen molar-refractivity contribution >= 4 is 54.2 Å². The molecule has 0 radical (unpaired) electrons. The molecule has 0 aliphatic heterocycles. The summed E-state index contributed by atoms with van der Waals surface area (Å²) in [5, 5.41) is 1.52. The van der Waals surface area contributed by atoms with Gasteiger partial charge in [-0.3, -0.25) is 0 Å². The van der Waals surface area contributed by atoms with Crippen LogP contribution in [-0.4, -0.2) is 0 Å². The zero-order valence-electron chi connectivity index (χ0n) is 14.0. The van der Waals surface area contributed by atoms with Gasteiger partial charge in [0, 0.05) is 20.5 Å². The molecule has 0 spiro atoms. The Morgan fingerprint density at radius 2 is 0.931 bits per heavy atom. The van der Waals surface area contributed by atoms with E-state index in [-0.39, 0.29) is 9.75 Å². The molecule has 5 rings (SSSR count). The van der Waals surface area contributed by atoms with Gasteiger partial charge in [-0.1, -0.05) is 12.1 Å². The van der Waals surface area contributed by atoms with Gasteiger partial charge in [0.2, 0.25) is 0 Å². The molecule has 0 unspecified atom stereocenters. The number of halogens is 6. The van der Waals surface area contributed by atoms with Gasteiger partial charge >= 0.3 is 0 Å². The molecule has 0 atom stereocenters. The fraction of sp³-hybridized carbons (Fsp3) is 0. The lowest BCUT2D eigenvalue weighted by Gasteiger charge is -2.08. The van der Waals surface area contributed by atoms with Crippen LogP contribution in [0.5, 0.6) is 0 Å². The Morgan fingerprint density at radius 1 is 0.517 bits per heavy atom. The first-order chi connectivity index (χ1) is 13.9. The molecule has 0 aliphatic rings. The van der Waals surface area contributed by atoms with Crippen LogP contribution in [0, 0.1) is 34.9 Å². The maximum atomic E-state index is 15.1. The summed E-state index contributed by atoms with van der Waals surface area (Å²) in [7, 11) is 0. The van der Waals surface area contributed by atoms with E-state index in [1.54, 1.807) is 10.8 Å². The number of hydrogen-bond donors (Lipinski definition) is 0. The van der Waals surface area contributed by atoms with E-state index in [1.807, 2.05) is 0 Å². The first kappa shape index (κ1) is 18.7. The third kappa shape index (κ3) is 2.50. The van der Waals surface area contributed by atoms with Gasteiger partial charge in [0.1, 0.15) is 0 Å². The predicted octanol–water partition coefficient (Wildman–Crippen LogP) is 8.35. The van der Waals surface area contributed by atoms with Crippen molar-refractivity contribution in [1.29, 1.82) is 0 Å². The fourth-order valence-electron chi connectivity index (χ4n) is 3.29. The van der Waals surface area contributed by atoms with Crippen LogP contribution in [0.2, 0.25) is 0 Å². The van der Waals surface area contributed by atoms with E-state index in [9.17, 15) is 17.6 Å². The van der Waals surface area contributed by atoms with Crippen molar-refractivity contribution in [1.82, 2.24) is 0 Å². The fourth-order valence-corrected chi connectivity index (χ4v) is 5.98. The summed E-state index contributed by atoms with van der Waals surface area (Å²) in [6.07, 6.45) is 0. The van der Waals surface area contributed by atoms with Crippen LogP contribution < -0.4 is 0 Å². The molecule has 29 heavy (non-hydrogen) atoms. The summed E-state index contributed by atoms with van der Waals surface area (Å²) in [5.41, 5.74) is -1.23. The van der Waals surface area contributed by atoms with Crippen molar-refractivity contribution in [3.8, 4) is 20.9 Å². The zero-order chi connectivity index (χ0) is 20.4. The van der Waals surface area contributed by atoms with Crippen molar-refractivity contribution < 1.29 is 26.3 Å². The minimum atomic E-state index is -1.54. The van der Waals surface area contributed by atoms with Crippen LogP contribution in [0.4, 0.5) is 26.3 Å². The van der Waals surface area contributed by atoms with Gasteiger partial charge in [-0.2, -0.15) is 0 Å². The van der Waals surface area contributed by atoms with Gasteiger partial charge < -0.3 is 0 Å². The Balaban J connectivity index is 1.97. The largest absolute Gasteiger partial charge is 0.205 e. The molecule has 2 aromatic carbocycles. The highest BCUT2D eigenvalue weighted by atomic mass is 32.1. The van der Waals surface area contributed by atoms with Crippen LogP contribution in [0.1, 0.15) is 0 Å². The Labute approximate surface area is 171 Å². The highest BCUT2D eigenvalue weighted by molar-refractivity contribution is 7.26. The number of rotatable bonds is 2. The molecule has 3 aromatic heterocycles. The molecule has 146 valence electrons. The lowest BCUT2D eigenvalue weighted by Crippen LogP contribution is -1.97. The standard InChI is InChI=1S/C20H6F6S3/c21-13-9(7-3-1-5-27-7)17(25)19-11(15(13)23)12-16(24)14(22)10(8-4-2-6-28-8)18(26)20(12)29-19/h1-6H. The molecule has 0 N–H and O–H groups in total. The second-order valence-electron chi connectivity index (χ2n) is 6.10. The molecular formula is C20H6F6S3. The first-order valence-electron chi connectivity index (χ1n) is 8.08.